The minimum atomic E-state index is -3.66. The number of halogens is 2. The number of carbonyl (C=O) groups is 2. The van der Waals surface area contributed by atoms with E-state index in [4.69, 9.17) is 51.7 Å². The van der Waals surface area contributed by atoms with Crippen LogP contribution in [0.4, 0.5) is 23.8 Å². The molecule has 4 aliphatic heterocycles. The van der Waals surface area contributed by atoms with Gasteiger partial charge in [0.25, 0.3) is 0 Å². The van der Waals surface area contributed by atoms with E-state index in [0.29, 0.717) is 68.2 Å². The molecular formula is C58H80Cl2N14O8S2. The van der Waals surface area contributed by atoms with Crippen molar-refractivity contribution in [3.63, 3.8) is 0 Å². The molecule has 5 N–H and O–H groups in total. The maximum absolute atomic E-state index is 13.2. The lowest BCUT2D eigenvalue weighted by atomic mass is 9.96. The molecule has 4 aromatic heterocycles. The predicted molar refractivity (Wildman–Crippen MR) is 329 cm³/mol. The van der Waals surface area contributed by atoms with Gasteiger partial charge in [-0.2, -0.15) is 43.5 Å². The molecular weight excluding hydrogens is 1160 g/mol. The monoisotopic (exact) mass is 1230 g/mol. The van der Waals surface area contributed by atoms with E-state index in [-0.39, 0.29) is 47.6 Å². The number of hydrogen-bond donors (Lipinski definition) is 5. The summed E-state index contributed by atoms with van der Waals surface area (Å²) in [6.45, 7) is 17.2. The molecule has 456 valence electrons. The highest BCUT2D eigenvalue weighted by atomic mass is 35.7. The quantitative estimate of drug-likeness (QED) is 0.0315. The van der Waals surface area contributed by atoms with Gasteiger partial charge in [-0.05, 0) is 92.0 Å². The topological polar surface area (TPSA) is 270 Å². The zero-order valence-corrected chi connectivity index (χ0v) is 51.6. The fraction of sp³-hybridized carbons (Fsp3) is 0.552. The average Bonchev–Trinajstić information content (AvgIpc) is 3.86. The van der Waals surface area contributed by atoms with Crippen LogP contribution in [0.2, 0.25) is 0 Å². The molecule has 0 spiro atoms. The zero-order chi connectivity index (χ0) is 59.8. The molecule has 10 rings (SSSR count). The van der Waals surface area contributed by atoms with Gasteiger partial charge in [0, 0.05) is 104 Å². The van der Waals surface area contributed by atoms with E-state index in [2.05, 4.69) is 83.2 Å². The SMILES string of the molecule is C=CS(=O)(=O)N1CCCCC1C(=O)Cc1cccc(CNc2nc(NC3CCOCC3)nc3c(C(C)C)cnn23)c1.CC(C)c1cnn2c(NCc3cccc(CC(=O)C4CCCCN4)c3)nc(NC3CCOCC3)nc12.O=S(=O)(Cl)CCCl. The second kappa shape index (κ2) is 30.5. The molecule has 4 fully saturated rings. The number of Topliss-reactive ketones (excluding diaryl/α,β-unsaturated/α-hetero) is 2. The number of carbonyl (C=O) groups excluding carboxylic acids is 2. The third-order valence-corrected chi connectivity index (χ3v) is 18.2. The Hall–Kier alpha value is -5.86. The molecule has 0 aliphatic carbocycles. The second-order valence-electron chi connectivity index (χ2n) is 22.2. The highest BCUT2D eigenvalue weighted by Crippen LogP contribution is 2.27. The lowest BCUT2D eigenvalue weighted by Crippen LogP contribution is -2.47. The van der Waals surface area contributed by atoms with E-state index >= 15 is 0 Å². The van der Waals surface area contributed by atoms with Gasteiger partial charge < -0.3 is 36.1 Å². The molecule has 0 saturated carbocycles. The molecule has 26 heteroatoms. The number of piperidine rings is 2. The van der Waals surface area contributed by atoms with Gasteiger partial charge in [-0.1, -0.05) is 95.6 Å². The van der Waals surface area contributed by atoms with Gasteiger partial charge in [0.1, 0.15) is 0 Å². The number of hydrogen-bond acceptors (Lipinski definition) is 19. The molecule has 2 atom stereocenters. The minimum absolute atomic E-state index is 0.00792. The van der Waals surface area contributed by atoms with Crippen LogP contribution in [0.5, 0.6) is 0 Å². The fourth-order valence-electron chi connectivity index (χ4n) is 10.6. The second-order valence-corrected chi connectivity index (χ2v) is 27.3. The first-order valence-corrected chi connectivity index (χ1v) is 33.6. The Morgan fingerprint density at radius 2 is 1.18 bits per heavy atom. The fourth-order valence-corrected chi connectivity index (χ4v) is 13.0. The van der Waals surface area contributed by atoms with Crippen molar-refractivity contribution in [1.82, 2.24) is 48.8 Å². The van der Waals surface area contributed by atoms with E-state index in [9.17, 15) is 26.4 Å². The number of sulfonamides is 1. The highest BCUT2D eigenvalue weighted by molar-refractivity contribution is 8.13. The number of rotatable bonds is 22. The summed E-state index contributed by atoms with van der Waals surface area (Å²) < 4.78 is 60.6. The summed E-state index contributed by atoms with van der Waals surface area (Å²) in [6, 6.07) is 15.9. The normalized spacial score (nSPS) is 18.4. The number of ether oxygens (including phenoxy) is 2. The van der Waals surface area contributed by atoms with Crippen LogP contribution in [-0.4, -0.2) is 147 Å². The molecule has 0 amide bonds. The lowest BCUT2D eigenvalue weighted by Gasteiger charge is -2.32. The zero-order valence-electron chi connectivity index (χ0n) is 48.4. The van der Waals surface area contributed by atoms with Crippen LogP contribution >= 0.6 is 22.3 Å². The van der Waals surface area contributed by atoms with E-state index in [1.54, 1.807) is 9.03 Å². The molecule has 2 aromatic carbocycles. The van der Waals surface area contributed by atoms with Crippen molar-refractivity contribution in [3.05, 3.63) is 106 Å². The van der Waals surface area contributed by atoms with Crippen molar-refractivity contribution < 1.29 is 35.9 Å². The predicted octanol–water partition coefficient (Wildman–Crippen LogP) is 8.39. The van der Waals surface area contributed by atoms with Gasteiger partial charge in [0.15, 0.2) is 22.9 Å². The number of anilines is 4. The summed E-state index contributed by atoms with van der Waals surface area (Å²) in [5.41, 5.74) is 7.66. The summed E-state index contributed by atoms with van der Waals surface area (Å²) >= 11 is 5.02. The largest absolute Gasteiger partial charge is 0.381 e. The van der Waals surface area contributed by atoms with E-state index < -0.39 is 25.1 Å². The Morgan fingerprint density at radius 3 is 1.62 bits per heavy atom. The molecule has 2 unspecified atom stereocenters. The van der Waals surface area contributed by atoms with Crippen molar-refractivity contribution in [2.75, 3.05) is 72.4 Å². The summed E-state index contributed by atoms with van der Waals surface area (Å²) in [4.78, 5) is 45.1. The van der Waals surface area contributed by atoms with Crippen LogP contribution < -0.4 is 26.6 Å². The molecule has 4 saturated heterocycles. The van der Waals surface area contributed by atoms with Crippen LogP contribution in [0.1, 0.15) is 137 Å². The van der Waals surface area contributed by atoms with Crippen LogP contribution in [0.3, 0.4) is 0 Å². The molecule has 6 aromatic rings. The number of benzene rings is 2. The van der Waals surface area contributed by atoms with Gasteiger partial charge in [0.2, 0.25) is 42.9 Å². The molecule has 0 radical (unpaired) electrons. The van der Waals surface area contributed by atoms with Gasteiger partial charge >= 0.3 is 0 Å². The Balaban J connectivity index is 0.000000198. The maximum Gasteiger partial charge on any atom is 0.236 e. The average molecular weight is 1240 g/mol. The van der Waals surface area contributed by atoms with Gasteiger partial charge in [0.05, 0.1) is 30.2 Å². The summed E-state index contributed by atoms with van der Waals surface area (Å²) in [5.74, 6) is 3.02. The van der Waals surface area contributed by atoms with Crippen LogP contribution in [-0.2, 0) is 64.1 Å². The Morgan fingerprint density at radius 1 is 0.690 bits per heavy atom. The van der Waals surface area contributed by atoms with Gasteiger partial charge in [-0.15, -0.1) is 11.6 Å². The van der Waals surface area contributed by atoms with Gasteiger partial charge in [-0.25, -0.2) is 16.8 Å². The minimum Gasteiger partial charge on any atom is -0.381 e. The number of fused-ring (bicyclic) bond motifs is 2. The van der Waals surface area contributed by atoms with Crippen LogP contribution in [0.15, 0.2) is 72.9 Å². The summed E-state index contributed by atoms with van der Waals surface area (Å²) in [5, 5.41) is 27.3. The molecule has 22 nitrogen and oxygen atoms in total. The number of nitrogens with one attached hydrogen (secondary N) is 5. The first-order valence-electron chi connectivity index (χ1n) is 29.1. The van der Waals surface area contributed by atoms with Crippen molar-refractivity contribution in [2.45, 2.75) is 154 Å². The number of nitrogens with zero attached hydrogens (tertiary/aromatic N) is 9. The Kier molecular flexibility index (Phi) is 23.3. The molecule has 8 heterocycles. The molecule has 4 aliphatic rings. The Bertz CT molecular complexity index is 3400. The van der Waals surface area contributed by atoms with Crippen molar-refractivity contribution >= 4 is 88.0 Å². The third-order valence-electron chi connectivity index (χ3n) is 15.2. The third kappa shape index (κ3) is 18.1. The number of alkyl halides is 1. The summed E-state index contributed by atoms with van der Waals surface area (Å²) in [6.07, 6.45) is 13.3. The number of ketones is 2. The first kappa shape index (κ1) is 64.1. The van der Waals surface area contributed by atoms with Crippen molar-refractivity contribution in [3.8, 4) is 0 Å². The summed E-state index contributed by atoms with van der Waals surface area (Å²) in [7, 11) is -2.27. The number of aromatic nitrogens is 8. The molecule has 84 heavy (non-hydrogen) atoms. The molecule has 0 bridgehead atoms. The maximum atomic E-state index is 13.2. The van der Waals surface area contributed by atoms with Crippen molar-refractivity contribution in [1.29, 1.82) is 0 Å². The van der Waals surface area contributed by atoms with E-state index in [0.717, 1.165) is 141 Å². The highest BCUT2D eigenvalue weighted by Gasteiger charge is 2.35. The lowest BCUT2D eigenvalue weighted by molar-refractivity contribution is -0.123. The Labute approximate surface area is 502 Å². The first-order chi connectivity index (χ1) is 40.4. The van der Waals surface area contributed by atoms with Crippen LogP contribution in [0.25, 0.3) is 11.3 Å². The standard InChI is InChI=1S/C29H39N7O4S.C27H37N7O2.C2H4Cl2O2S/c1-4-41(38,39)35-13-6-5-10-25(35)26(37)17-21-8-7-9-22(16-21)18-30-29-34-28(32-23-11-14-40-15-12-23)33-27-24(20(2)3)19-31-36(27)29;1-18(2)22-17-30-34-25(22)32-26(31-21-9-12-36-13-10-21)33-27(34)29-16-20-7-5-6-19(14-20)15-24(35)23-8-3-4-11-28-23;3-1-2-7(4,5)6/h4,7-9,16,19-20,23,25H,1,5-6,10-15,17-18H2,2-3H3,(H2,30,32,33,34);5-7,14,17-18,21,23,28H,3-4,8-13,15-16H2,1-2H3,(H2,29,31,32,33);1-2H2. The van der Waals surface area contributed by atoms with E-state index in [1.165, 1.54) is 4.31 Å². The van der Waals surface area contributed by atoms with Crippen molar-refractivity contribution in [2.24, 2.45) is 0 Å². The van der Waals surface area contributed by atoms with Crippen LogP contribution in [0, 0.1) is 0 Å². The van der Waals surface area contributed by atoms with Gasteiger partial charge in [-0.3, -0.25) is 9.59 Å². The van der Waals surface area contributed by atoms with E-state index in [1.807, 2.05) is 48.8 Å². The smallest absolute Gasteiger partial charge is 0.236 e.